The Labute approximate surface area is 477 Å². The lowest BCUT2D eigenvalue weighted by molar-refractivity contribution is -0.277. The molecular formula is C60H62O24. The van der Waals surface area contributed by atoms with E-state index in [9.17, 15) is 81.7 Å². The van der Waals surface area contributed by atoms with Gasteiger partial charge in [-0.25, -0.2) is 0 Å². The minimum atomic E-state index is -1.69. The van der Waals surface area contributed by atoms with Crippen molar-refractivity contribution in [1.29, 1.82) is 0 Å². The van der Waals surface area contributed by atoms with Crippen molar-refractivity contribution in [2.45, 2.75) is 116 Å². The van der Waals surface area contributed by atoms with Gasteiger partial charge in [0.15, 0.2) is 0 Å². The van der Waals surface area contributed by atoms with Crippen LogP contribution < -0.4 is 23.7 Å². The highest BCUT2D eigenvalue weighted by atomic mass is 16.7. The number of phenolic OH excluding ortho intramolecular Hbond substituents is 4. The van der Waals surface area contributed by atoms with Gasteiger partial charge in [-0.3, -0.25) is 0 Å². The van der Waals surface area contributed by atoms with Crippen LogP contribution in [0.15, 0.2) is 115 Å². The van der Waals surface area contributed by atoms with Crippen LogP contribution >= 0.6 is 0 Å². The second-order valence-corrected chi connectivity index (χ2v) is 21.2. The molecule has 3 saturated heterocycles. The number of ether oxygens (including phenoxy) is 8. The van der Waals surface area contributed by atoms with E-state index in [0.29, 0.717) is 38.9 Å². The molecule has 19 atom stereocenters. The molecule has 5 aliphatic rings. The molecule has 5 heterocycles. The van der Waals surface area contributed by atoms with E-state index in [1.54, 1.807) is 72.8 Å². The molecule has 0 unspecified atom stereocenters. The van der Waals surface area contributed by atoms with Crippen LogP contribution in [-0.4, -0.2) is 194 Å². The number of benzene rings is 6. The minimum absolute atomic E-state index is 0.157. The predicted octanol–water partition coefficient (Wildman–Crippen LogP) is 0.747. The highest BCUT2D eigenvalue weighted by Crippen LogP contribution is 2.59. The Morgan fingerprint density at radius 3 is 1.12 bits per heavy atom. The molecule has 0 amide bonds. The minimum Gasteiger partial charge on any atom is -0.508 e. The lowest BCUT2D eigenvalue weighted by atomic mass is 9.81. The first-order valence-electron chi connectivity index (χ1n) is 26.8. The van der Waals surface area contributed by atoms with Crippen molar-refractivity contribution in [3.8, 4) is 51.7 Å². The lowest BCUT2D eigenvalue weighted by Crippen LogP contribution is -2.60. The van der Waals surface area contributed by atoms with Gasteiger partial charge in [-0.1, -0.05) is 48.6 Å². The zero-order valence-electron chi connectivity index (χ0n) is 44.1. The van der Waals surface area contributed by atoms with Gasteiger partial charge >= 0.3 is 0 Å². The van der Waals surface area contributed by atoms with E-state index < -0.39 is 136 Å². The van der Waals surface area contributed by atoms with Gasteiger partial charge in [-0.2, -0.15) is 0 Å². The zero-order valence-corrected chi connectivity index (χ0v) is 44.1. The van der Waals surface area contributed by atoms with Crippen molar-refractivity contribution in [3.63, 3.8) is 0 Å². The number of aromatic hydroxyl groups is 4. The second-order valence-electron chi connectivity index (χ2n) is 21.2. The molecule has 11 rings (SSSR count). The lowest BCUT2D eigenvalue weighted by Gasteiger charge is -2.39. The molecule has 0 saturated carbocycles. The van der Waals surface area contributed by atoms with E-state index >= 15 is 0 Å². The van der Waals surface area contributed by atoms with Gasteiger partial charge in [-0.05, 0) is 106 Å². The summed E-state index contributed by atoms with van der Waals surface area (Å²) in [6.07, 6.45) is -21.1. The summed E-state index contributed by atoms with van der Waals surface area (Å²) >= 11 is 0. The Hall–Kier alpha value is -7.34. The van der Waals surface area contributed by atoms with Gasteiger partial charge in [0.05, 0.1) is 31.7 Å². The number of aliphatic hydroxyl groups is 12. The molecule has 6 aromatic rings. The van der Waals surface area contributed by atoms with E-state index in [4.69, 9.17) is 37.9 Å². The fourth-order valence-electron chi connectivity index (χ4n) is 11.3. The van der Waals surface area contributed by atoms with Gasteiger partial charge in [-0.15, -0.1) is 0 Å². The molecule has 3 fully saturated rings. The summed E-state index contributed by atoms with van der Waals surface area (Å²) in [5.41, 5.74) is 3.57. The fraction of sp³-hybridized carbons (Fsp3) is 0.367. The normalized spacial score (nSPS) is 32.7. The molecule has 5 aliphatic heterocycles. The second kappa shape index (κ2) is 24.0. The number of phenols is 4. The summed E-state index contributed by atoms with van der Waals surface area (Å²) in [6, 6.07) is 29.6. The van der Waals surface area contributed by atoms with Crippen LogP contribution in [0, 0.1) is 0 Å². The molecule has 24 heteroatoms. The van der Waals surface area contributed by atoms with Crippen LogP contribution in [-0.2, 0) is 14.2 Å². The van der Waals surface area contributed by atoms with Crippen molar-refractivity contribution in [1.82, 2.24) is 0 Å². The third kappa shape index (κ3) is 11.3. The maximum Gasteiger partial charge on any atom is 0.229 e. The first-order chi connectivity index (χ1) is 40.3. The van der Waals surface area contributed by atoms with Gasteiger partial charge in [0.2, 0.25) is 18.9 Å². The summed E-state index contributed by atoms with van der Waals surface area (Å²) in [7, 11) is 0. The van der Waals surface area contributed by atoms with Crippen molar-refractivity contribution in [3.05, 3.63) is 160 Å². The number of hydrogen-bond acceptors (Lipinski definition) is 24. The SMILES string of the molecule is OC[C@H]1O[C@@H](Oc2ccc(/C=C\c3cc(O)c4c(c3)O[C@H](c3ccc(O[C@@H]5O[C@H](CO)[C@@H](O)[C@H](O)[C@H]5O)cc3)[C@H]4c3cc(O)c4c(c3)O[C@H](c3ccc(O[C@@H]5O[C@H](CO)[C@@H](O)[C@H](O)[C@H]5O)cc3)[C@H]4c3cc(O)cc(O)c3)cc2)[C@H](O)[C@@H](O)[C@@H]1O. The van der Waals surface area contributed by atoms with Crippen molar-refractivity contribution in [2.24, 2.45) is 0 Å². The number of fused-ring (bicyclic) bond motifs is 2. The third-order valence-electron chi connectivity index (χ3n) is 15.7. The quantitative estimate of drug-likeness (QED) is 0.0631. The van der Waals surface area contributed by atoms with E-state index in [0.717, 1.165) is 6.07 Å². The number of hydrogen-bond donors (Lipinski definition) is 16. The number of aliphatic hydroxyl groups excluding tert-OH is 12. The molecule has 24 nitrogen and oxygen atoms in total. The molecule has 16 N–H and O–H groups in total. The Morgan fingerprint density at radius 2 is 0.714 bits per heavy atom. The predicted molar refractivity (Wildman–Crippen MR) is 288 cm³/mol. The van der Waals surface area contributed by atoms with E-state index in [-0.39, 0.29) is 57.3 Å². The van der Waals surface area contributed by atoms with Gasteiger partial charge in [0.25, 0.3) is 0 Å². The maximum absolute atomic E-state index is 12.3. The van der Waals surface area contributed by atoms with Crippen molar-refractivity contribution >= 4 is 12.2 Å². The third-order valence-corrected chi connectivity index (χ3v) is 15.7. The summed E-state index contributed by atoms with van der Waals surface area (Å²) < 4.78 is 47.5. The van der Waals surface area contributed by atoms with Crippen LogP contribution in [0.3, 0.4) is 0 Å². The summed E-state index contributed by atoms with van der Waals surface area (Å²) in [6.45, 7) is -1.96. The molecule has 0 radical (unpaired) electrons. The van der Waals surface area contributed by atoms with Crippen LogP contribution in [0.2, 0.25) is 0 Å². The Bertz CT molecular complexity index is 3280. The maximum atomic E-state index is 12.3. The summed E-state index contributed by atoms with van der Waals surface area (Å²) in [5, 5.41) is 168. The van der Waals surface area contributed by atoms with Gasteiger partial charge in [0.1, 0.15) is 137 Å². The Kier molecular flexibility index (Phi) is 16.7. The molecule has 84 heavy (non-hydrogen) atoms. The van der Waals surface area contributed by atoms with Gasteiger partial charge in [0, 0.05) is 17.2 Å². The Morgan fingerprint density at radius 1 is 0.357 bits per heavy atom. The Balaban J connectivity index is 0.913. The molecule has 0 aliphatic carbocycles. The van der Waals surface area contributed by atoms with Gasteiger partial charge < -0.3 is 120 Å². The molecule has 0 spiro atoms. The fourth-order valence-corrected chi connectivity index (χ4v) is 11.3. The zero-order chi connectivity index (χ0) is 59.4. The van der Waals surface area contributed by atoms with Crippen LogP contribution in [0.4, 0.5) is 0 Å². The van der Waals surface area contributed by atoms with Crippen LogP contribution in [0.5, 0.6) is 51.7 Å². The molecule has 446 valence electrons. The highest BCUT2D eigenvalue weighted by Gasteiger charge is 2.49. The average Bonchev–Trinajstić information content (AvgIpc) is 2.81. The van der Waals surface area contributed by atoms with Crippen LogP contribution in [0.1, 0.15) is 68.6 Å². The smallest absolute Gasteiger partial charge is 0.229 e. The topological polar surface area (TPSA) is 398 Å². The first kappa shape index (κ1) is 58.4. The van der Waals surface area contributed by atoms with E-state index in [2.05, 4.69) is 0 Å². The molecular weight excluding hydrogens is 1100 g/mol. The van der Waals surface area contributed by atoms with E-state index in [1.165, 1.54) is 48.5 Å². The molecule has 0 aromatic heterocycles. The highest BCUT2D eigenvalue weighted by molar-refractivity contribution is 5.73. The largest absolute Gasteiger partial charge is 0.508 e. The molecule has 6 aromatic carbocycles. The monoisotopic (exact) mass is 1170 g/mol. The van der Waals surface area contributed by atoms with E-state index in [1.807, 2.05) is 0 Å². The van der Waals surface area contributed by atoms with Crippen molar-refractivity contribution in [2.75, 3.05) is 19.8 Å². The summed E-state index contributed by atoms with van der Waals surface area (Å²) in [4.78, 5) is 0. The summed E-state index contributed by atoms with van der Waals surface area (Å²) in [5.74, 6) is -1.76. The molecule has 0 bridgehead atoms. The average molecular weight is 1170 g/mol. The first-order valence-corrected chi connectivity index (χ1v) is 26.8. The number of rotatable bonds is 15. The standard InChI is InChI=1S/C60H62O24/c61-22-40-47(68)50(71)53(74)58(82-40)77-33-9-3-25(4-10-33)1-2-26-15-36(66)45-38(16-26)80-57(28-7-13-35(14-8-28)79-60-55(76)52(73)49(70)42(24-63)84-60)44(45)30-19-37(67)46-39(20-30)81-56(43(46)29-17-31(64)21-32(65)18-29)27-5-11-34(12-6-27)78-59-54(75)51(72)48(69)41(23-62)83-59/h1-21,40-44,47-76H,22-24H2/b2-1-/t40-,41-,42-,43+,44+,47-,48-,49-,50+,51+,52+,53-,54-,55-,56-,57-,58-,59-,60-/m1/s1. The van der Waals surface area contributed by atoms with Crippen molar-refractivity contribution < 1.29 is 120 Å². The van der Waals surface area contributed by atoms with Crippen LogP contribution in [0.25, 0.3) is 12.2 Å².